The molecule has 22 heavy (non-hydrogen) atoms. The Bertz CT molecular complexity index is 658. The maximum Gasteiger partial charge on any atom is 0.407 e. The summed E-state index contributed by atoms with van der Waals surface area (Å²) in [5, 5.41) is 8.38. The van der Waals surface area contributed by atoms with Crippen LogP contribution in [-0.4, -0.2) is 34.1 Å². The van der Waals surface area contributed by atoms with Gasteiger partial charge in [-0.05, 0) is 26.8 Å². The molecule has 0 aliphatic rings. The van der Waals surface area contributed by atoms with Gasteiger partial charge in [-0.3, -0.25) is 4.68 Å². The maximum atomic E-state index is 11.9. The number of benzene rings is 1. The second kappa shape index (κ2) is 6.36. The summed E-state index contributed by atoms with van der Waals surface area (Å²) in [7, 11) is 1.90. The monoisotopic (exact) mass is 304 g/mol. The van der Waals surface area contributed by atoms with Crippen LogP contribution >= 0.6 is 0 Å². The number of alkyl carbamates (subject to hydrolysis) is 1. The number of amides is 1. The highest BCUT2D eigenvalue weighted by atomic mass is 16.6. The average Bonchev–Trinajstić information content (AvgIpc) is 2.72. The number of nitrogens with zero attached hydrogens (tertiary/aromatic N) is 2. The maximum absolute atomic E-state index is 11.9. The van der Waals surface area contributed by atoms with Crippen molar-refractivity contribution in [1.82, 2.24) is 15.1 Å². The van der Waals surface area contributed by atoms with Crippen molar-refractivity contribution in [3.8, 4) is 0 Å². The van der Waals surface area contributed by atoms with Gasteiger partial charge in [-0.15, -0.1) is 0 Å². The molecular weight excluding hydrogens is 280 g/mol. The van der Waals surface area contributed by atoms with E-state index < -0.39 is 11.7 Å². The van der Waals surface area contributed by atoms with Gasteiger partial charge in [-0.1, -0.05) is 18.2 Å². The molecule has 1 atom stereocenters. The summed E-state index contributed by atoms with van der Waals surface area (Å²) >= 11 is 0. The second-order valence-corrected chi connectivity index (χ2v) is 6.37. The normalized spacial score (nSPS) is 13.1. The van der Waals surface area contributed by atoms with Gasteiger partial charge >= 0.3 is 6.09 Å². The second-order valence-electron chi connectivity index (χ2n) is 6.37. The molecule has 6 nitrogen and oxygen atoms in total. The van der Waals surface area contributed by atoms with E-state index in [0.29, 0.717) is 13.0 Å². The van der Waals surface area contributed by atoms with Gasteiger partial charge < -0.3 is 15.8 Å². The van der Waals surface area contributed by atoms with Crippen LogP contribution in [0.5, 0.6) is 0 Å². The minimum Gasteiger partial charge on any atom is -0.444 e. The van der Waals surface area contributed by atoms with Crippen molar-refractivity contribution < 1.29 is 9.53 Å². The summed E-state index contributed by atoms with van der Waals surface area (Å²) in [4.78, 5) is 11.9. The van der Waals surface area contributed by atoms with E-state index in [2.05, 4.69) is 10.4 Å². The molecule has 1 heterocycles. The number of fused-ring (bicyclic) bond motifs is 1. The molecule has 3 N–H and O–H groups in total. The molecule has 6 heteroatoms. The smallest absolute Gasteiger partial charge is 0.407 e. The van der Waals surface area contributed by atoms with Gasteiger partial charge in [-0.2, -0.15) is 5.10 Å². The van der Waals surface area contributed by atoms with Gasteiger partial charge in [0.2, 0.25) is 0 Å². The lowest BCUT2D eigenvalue weighted by atomic mass is 10.1. The highest BCUT2D eigenvalue weighted by Gasteiger charge is 2.20. The molecule has 0 saturated heterocycles. The molecule has 1 unspecified atom stereocenters. The summed E-state index contributed by atoms with van der Waals surface area (Å²) in [6, 6.07) is 7.73. The lowest BCUT2D eigenvalue weighted by Crippen LogP contribution is -2.44. The Hall–Kier alpha value is -2.08. The van der Waals surface area contributed by atoms with Crippen molar-refractivity contribution in [3.63, 3.8) is 0 Å². The number of hydrogen-bond acceptors (Lipinski definition) is 4. The van der Waals surface area contributed by atoms with Crippen molar-refractivity contribution in [2.75, 3.05) is 6.54 Å². The molecule has 120 valence electrons. The molecule has 1 aromatic carbocycles. The van der Waals surface area contributed by atoms with E-state index >= 15 is 0 Å². The predicted molar refractivity (Wildman–Crippen MR) is 86.6 cm³/mol. The fraction of sp³-hybridized carbons (Fsp3) is 0.500. The molecule has 0 aliphatic heterocycles. The van der Waals surface area contributed by atoms with Crippen LogP contribution in [-0.2, 0) is 18.2 Å². The van der Waals surface area contributed by atoms with Crippen molar-refractivity contribution in [1.29, 1.82) is 0 Å². The lowest BCUT2D eigenvalue weighted by Gasteiger charge is -2.23. The van der Waals surface area contributed by atoms with E-state index in [1.54, 1.807) is 0 Å². The van der Waals surface area contributed by atoms with Gasteiger partial charge in [-0.25, -0.2) is 4.79 Å². The number of hydrogen-bond donors (Lipinski definition) is 2. The van der Waals surface area contributed by atoms with Crippen molar-refractivity contribution in [2.24, 2.45) is 12.8 Å². The number of carbonyl (C=O) groups is 1. The zero-order valence-corrected chi connectivity index (χ0v) is 13.6. The van der Waals surface area contributed by atoms with Gasteiger partial charge in [0.25, 0.3) is 0 Å². The van der Waals surface area contributed by atoms with E-state index in [-0.39, 0.29) is 6.04 Å². The van der Waals surface area contributed by atoms with E-state index in [1.165, 1.54) is 0 Å². The molecule has 2 aromatic rings. The average molecular weight is 304 g/mol. The molecule has 1 amide bonds. The van der Waals surface area contributed by atoms with Crippen LogP contribution < -0.4 is 11.1 Å². The Kier molecular flexibility index (Phi) is 4.71. The third-order valence-electron chi connectivity index (χ3n) is 3.31. The van der Waals surface area contributed by atoms with Gasteiger partial charge in [0, 0.05) is 37.1 Å². The number of carbonyl (C=O) groups excluding carboxylic acids is 1. The van der Waals surface area contributed by atoms with Crippen molar-refractivity contribution in [2.45, 2.75) is 38.8 Å². The highest BCUT2D eigenvalue weighted by Crippen LogP contribution is 2.18. The summed E-state index contributed by atoms with van der Waals surface area (Å²) in [5.41, 5.74) is 7.25. The quantitative estimate of drug-likeness (QED) is 0.904. The zero-order valence-electron chi connectivity index (χ0n) is 13.6. The summed E-state index contributed by atoms with van der Waals surface area (Å²) in [6.07, 6.45) is 0.154. The topological polar surface area (TPSA) is 82.2 Å². The van der Waals surface area contributed by atoms with Gasteiger partial charge in [0.15, 0.2) is 0 Å². The van der Waals surface area contributed by atoms with Crippen LogP contribution in [0.1, 0.15) is 26.5 Å². The minimum atomic E-state index is -0.525. The third kappa shape index (κ3) is 3.98. The van der Waals surface area contributed by atoms with Crippen LogP contribution in [0.2, 0.25) is 0 Å². The Morgan fingerprint density at radius 1 is 1.41 bits per heavy atom. The Morgan fingerprint density at radius 3 is 2.73 bits per heavy atom. The number of rotatable bonds is 4. The van der Waals surface area contributed by atoms with E-state index in [0.717, 1.165) is 16.6 Å². The number of aromatic nitrogens is 2. The summed E-state index contributed by atoms with van der Waals surface area (Å²) < 4.78 is 7.12. The molecule has 2 rings (SSSR count). The highest BCUT2D eigenvalue weighted by molar-refractivity contribution is 5.81. The van der Waals surface area contributed by atoms with E-state index in [1.807, 2.05) is 56.8 Å². The van der Waals surface area contributed by atoms with Crippen LogP contribution in [0, 0.1) is 0 Å². The molecule has 0 bridgehead atoms. The molecule has 0 saturated carbocycles. The lowest BCUT2D eigenvalue weighted by molar-refractivity contribution is 0.0505. The molecule has 0 radical (unpaired) electrons. The molecule has 0 spiro atoms. The summed E-state index contributed by atoms with van der Waals surface area (Å²) in [5.74, 6) is 0. The van der Waals surface area contributed by atoms with Gasteiger partial charge in [0.05, 0.1) is 5.52 Å². The van der Waals surface area contributed by atoms with E-state index in [9.17, 15) is 4.79 Å². The van der Waals surface area contributed by atoms with E-state index in [4.69, 9.17) is 10.5 Å². The van der Waals surface area contributed by atoms with Gasteiger partial charge in [0.1, 0.15) is 5.60 Å². The first kappa shape index (κ1) is 16.3. The Morgan fingerprint density at radius 2 is 2.09 bits per heavy atom. The molecule has 0 aliphatic carbocycles. The predicted octanol–water partition coefficient (Wildman–Crippen LogP) is 1.97. The van der Waals surface area contributed by atoms with Crippen LogP contribution in [0.25, 0.3) is 10.9 Å². The van der Waals surface area contributed by atoms with Crippen LogP contribution in [0.3, 0.4) is 0 Å². The fourth-order valence-electron chi connectivity index (χ4n) is 2.34. The largest absolute Gasteiger partial charge is 0.444 e. The number of nitrogens with one attached hydrogen (secondary N) is 1. The Labute approximate surface area is 130 Å². The zero-order chi connectivity index (χ0) is 16.3. The molecule has 0 fully saturated rings. The molecule has 1 aromatic heterocycles. The molecular formula is C16H24N4O2. The fourth-order valence-corrected chi connectivity index (χ4v) is 2.34. The number of aryl methyl sites for hydroxylation is 1. The summed E-state index contributed by atoms with van der Waals surface area (Å²) in [6.45, 7) is 5.83. The standard InChI is InChI=1S/C16H24N4O2/c1-16(2,3)22-15(21)18-11(10-17)9-14-12-7-5-6-8-13(12)19-20(14)4/h5-8,11H,9-10,17H2,1-4H3,(H,18,21). The third-order valence-corrected chi connectivity index (χ3v) is 3.31. The first-order chi connectivity index (χ1) is 10.3. The number of nitrogens with two attached hydrogens (primary N) is 1. The first-order valence-electron chi connectivity index (χ1n) is 7.40. The van der Waals surface area contributed by atoms with Crippen molar-refractivity contribution in [3.05, 3.63) is 30.0 Å². The number of ether oxygens (including phenoxy) is 1. The minimum absolute atomic E-state index is 0.200. The van der Waals surface area contributed by atoms with Crippen LogP contribution in [0.15, 0.2) is 24.3 Å². The Balaban J connectivity index is 2.12. The SMILES string of the molecule is Cn1nc2ccccc2c1CC(CN)NC(=O)OC(C)(C)C. The first-order valence-corrected chi connectivity index (χ1v) is 7.40. The van der Waals surface area contributed by atoms with Crippen molar-refractivity contribution >= 4 is 17.0 Å². The van der Waals surface area contributed by atoms with Crippen LogP contribution in [0.4, 0.5) is 4.79 Å².